The van der Waals surface area contributed by atoms with Crippen LogP contribution in [0.25, 0.3) is 0 Å². The summed E-state index contributed by atoms with van der Waals surface area (Å²) in [5.41, 5.74) is 0. The molecule has 0 spiro atoms. The van der Waals surface area contributed by atoms with Crippen molar-refractivity contribution in [2.24, 2.45) is 11.8 Å². The molecule has 1 rings (SSSR count). The van der Waals surface area contributed by atoms with E-state index in [2.05, 4.69) is 30.9 Å². The average Bonchev–Trinajstić information content (AvgIpc) is 1.80. The van der Waals surface area contributed by atoms with E-state index < -0.39 is 0 Å². The lowest BCUT2D eigenvalue weighted by atomic mass is 9.98. The molecule has 1 aliphatic rings. The molecule has 0 bridgehead atoms. The average molecular weight is 236 g/mol. The van der Waals surface area contributed by atoms with Crippen molar-refractivity contribution in [2.75, 3.05) is 0 Å². The normalized spacial score (nSPS) is 35.2. The first-order valence-electron chi connectivity index (χ1n) is 3.35. The monoisotopic (exact) mass is 236 g/mol. The van der Waals surface area contributed by atoms with E-state index in [9.17, 15) is 0 Å². The molecule has 2 atom stereocenters. The Hall–Kier alpha value is 0.340. The van der Waals surface area contributed by atoms with Crippen molar-refractivity contribution in [2.45, 2.75) is 20.8 Å². The third kappa shape index (κ3) is 1.88. The molecule has 0 N–H and O–H groups in total. The molecule has 0 saturated carbocycles. The minimum Gasteiger partial charge on any atom is -0.0949 e. The first-order chi connectivity index (χ1) is 4.20. The fraction of sp³-hybridized carbons (Fsp3) is 0.625. The smallest absolute Gasteiger partial charge is 0.0144 e. The molecule has 0 aromatic rings. The van der Waals surface area contributed by atoms with Gasteiger partial charge in [-0.1, -0.05) is 40.7 Å². The first-order valence-corrected chi connectivity index (χ1v) is 5.67. The summed E-state index contributed by atoms with van der Waals surface area (Å²) in [6.45, 7) is 6.87. The quantitative estimate of drug-likeness (QED) is 0.567. The summed E-state index contributed by atoms with van der Waals surface area (Å²) in [7, 11) is 0. The van der Waals surface area contributed by atoms with Gasteiger partial charge in [0.15, 0.2) is 0 Å². The van der Waals surface area contributed by atoms with Crippen LogP contribution >= 0.6 is 20.7 Å². The van der Waals surface area contributed by atoms with E-state index in [-0.39, 0.29) is 0 Å². The number of hydrogen-bond donors (Lipinski definition) is 0. The largest absolute Gasteiger partial charge is 0.0949 e. The molecule has 0 nitrogen and oxygen atoms in total. The Morgan fingerprint density at radius 2 is 2.00 bits per heavy atom. The molecule has 1 heterocycles. The SMILES string of the molecule is CC1=CC(C)C(C)C=I1. The molecule has 0 radical (unpaired) electrons. The molecule has 9 heavy (non-hydrogen) atoms. The predicted octanol–water partition coefficient (Wildman–Crippen LogP) is 2.95. The topological polar surface area (TPSA) is 0 Å². The van der Waals surface area contributed by atoms with Crippen molar-refractivity contribution in [1.29, 1.82) is 0 Å². The van der Waals surface area contributed by atoms with Crippen molar-refractivity contribution < 1.29 is 0 Å². The fourth-order valence-electron chi connectivity index (χ4n) is 0.864. The molecule has 1 aliphatic heterocycles. The summed E-state index contributed by atoms with van der Waals surface area (Å²) < 4.78 is 4.15. The summed E-state index contributed by atoms with van der Waals surface area (Å²) in [5, 5.41) is 0. The predicted molar refractivity (Wildman–Crippen MR) is 52.2 cm³/mol. The van der Waals surface area contributed by atoms with Crippen molar-refractivity contribution in [3.63, 3.8) is 0 Å². The van der Waals surface area contributed by atoms with E-state index in [1.807, 2.05) is 0 Å². The van der Waals surface area contributed by atoms with Crippen molar-refractivity contribution in [3.8, 4) is 0 Å². The standard InChI is InChI=1S/C8H13I/c1-6-4-8(3)9-5-7(6)2/h4-7H,1-3H3. The number of allylic oxidation sites excluding steroid dienone is 2. The zero-order valence-electron chi connectivity index (χ0n) is 6.19. The summed E-state index contributed by atoms with van der Waals surface area (Å²) >= 11 is 0.321. The van der Waals surface area contributed by atoms with Gasteiger partial charge in [0.2, 0.25) is 0 Å². The Kier molecular flexibility index (Phi) is 2.44. The molecule has 0 aromatic heterocycles. The van der Waals surface area contributed by atoms with Crippen LogP contribution < -0.4 is 0 Å². The highest BCUT2D eigenvalue weighted by Crippen LogP contribution is 2.26. The van der Waals surface area contributed by atoms with Gasteiger partial charge in [0, 0.05) is 0 Å². The lowest BCUT2D eigenvalue weighted by Crippen LogP contribution is -2.07. The Morgan fingerprint density at radius 1 is 1.33 bits per heavy atom. The van der Waals surface area contributed by atoms with Crippen molar-refractivity contribution in [3.05, 3.63) is 9.66 Å². The van der Waals surface area contributed by atoms with Gasteiger partial charge in [-0.2, -0.15) is 0 Å². The van der Waals surface area contributed by atoms with Gasteiger partial charge >= 0.3 is 0 Å². The Bertz CT molecular complexity index is 156. The molecule has 52 valence electrons. The first kappa shape index (κ1) is 7.45. The van der Waals surface area contributed by atoms with E-state index in [4.69, 9.17) is 0 Å². The fourth-order valence-corrected chi connectivity index (χ4v) is 3.43. The maximum atomic E-state index is 2.51. The summed E-state index contributed by atoms with van der Waals surface area (Å²) in [4.78, 5) is 0. The molecule has 0 aliphatic carbocycles. The Labute approximate surface area is 67.1 Å². The van der Waals surface area contributed by atoms with Gasteiger partial charge in [-0.05, 0) is 26.4 Å². The van der Waals surface area contributed by atoms with Crippen molar-refractivity contribution in [1.82, 2.24) is 0 Å². The van der Waals surface area contributed by atoms with Gasteiger partial charge in [0.1, 0.15) is 0 Å². The molecular formula is C8H13I. The van der Waals surface area contributed by atoms with Crippen LogP contribution in [0.5, 0.6) is 0 Å². The van der Waals surface area contributed by atoms with Gasteiger partial charge < -0.3 is 0 Å². The summed E-state index contributed by atoms with van der Waals surface area (Å²) in [6.07, 6.45) is 2.43. The maximum absolute atomic E-state index is 2.51. The molecule has 0 saturated heterocycles. The Balaban J connectivity index is 2.70. The minimum absolute atomic E-state index is 0.321. The van der Waals surface area contributed by atoms with Gasteiger partial charge in [-0.15, -0.1) is 0 Å². The van der Waals surface area contributed by atoms with Crippen LogP contribution in [0, 0.1) is 11.8 Å². The highest BCUT2D eigenvalue weighted by atomic mass is 127. The van der Waals surface area contributed by atoms with Gasteiger partial charge in [-0.25, -0.2) is 0 Å². The minimum atomic E-state index is 0.321. The van der Waals surface area contributed by atoms with Crippen LogP contribution in [0.15, 0.2) is 9.66 Å². The highest BCUT2D eigenvalue weighted by Gasteiger charge is 2.09. The van der Waals surface area contributed by atoms with Crippen LogP contribution in [0.4, 0.5) is 0 Å². The van der Waals surface area contributed by atoms with Gasteiger partial charge in [0.25, 0.3) is 0 Å². The molecule has 0 amide bonds. The van der Waals surface area contributed by atoms with Crippen LogP contribution in [0.1, 0.15) is 20.8 Å². The number of halogens is 1. The zero-order valence-corrected chi connectivity index (χ0v) is 8.34. The van der Waals surface area contributed by atoms with E-state index in [1.54, 1.807) is 3.58 Å². The van der Waals surface area contributed by atoms with E-state index >= 15 is 0 Å². The lowest BCUT2D eigenvalue weighted by molar-refractivity contribution is 0.604. The van der Waals surface area contributed by atoms with E-state index in [1.165, 1.54) is 0 Å². The van der Waals surface area contributed by atoms with Crippen LogP contribution in [-0.2, 0) is 0 Å². The molecule has 0 fully saturated rings. The summed E-state index contributed by atoms with van der Waals surface area (Å²) in [6, 6.07) is 0. The van der Waals surface area contributed by atoms with Gasteiger partial charge in [0.05, 0.1) is 0 Å². The molecule has 2 unspecified atom stereocenters. The van der Waals surface area contributed by atoms with Crippen LogP contribution in [-0.4, -0.2) is 4.01 Å². The third-order valence-corrected chi connectivity index (χ3v) is 4.59. The number of hydrogen-bond acceptors (Lipinski definition) is 0. The second kappa shape index (κ2) is 2.95. The van der Waals surface area contributed by atoms with Crippen LogP contribution in [0.2, 0.25) is 0 Å². The lowest BCUT2D eigenvalue weighted by Gasteiger charge is -2.16. The van der Waals surface area contributed by atoms with E-state index in [0.717, 1.165) is 11.8 Å². The number of rotatable bonds is 0. The van der Waals surface area contributed by atoms with Crippen molar-refractivity contribution >= 4 is 24.7 Å². The second-order valence-electron chi connectivity index (χ2n) is 2.71. The van der Waals surface area contributed by atoms with Gasteiger partial charge in [-0.3, -0.25) is 0 Å². The molecule has 0 aromatic carbocycles. The molecule has 1 heteroatoms. The molecular weight excluding hydrogens is 223 g/mol. The third-order valence-electron chi connectivity index (χ3n) is 1.76. The zero-order chi connectivity index (χ0) is 6.85. The second-order valence-corrected chi connectivity index (χ2v) is 5.75. The maximum Gasteiger partial charge on any atom is -0.0144 e. The highest BCUT2D eigenvalue weighted by molar-refractivity contribution is 14.2. The van der Waals surface area contributed by atoms with Crippen LogP contribution in [0.3, 0.4) is 0 Å². The summed E-state index contributed by atoms with van der Waals surface area (Å²) in [5.74, 6) is 1.62. The van der Waals surface area contributed by atoms with E-state index in [0.29, 0.717) is 20.7 Å². The Morgan fingerprint density at radius 3 is 2.44 bits per heavy atom.